The van der Waals surface area contributed by atoms with Crippen LogP contribution in [0.3, 0.4) is 0 Å². The summed E-state index contributed by atoms with van der Waals surface area (Å²) in [6, 6.07) is 9.13. The van der Waals surface area contributed by atoms with Gasteiger partial charge in [0.05, 0.1) is 7.11 Å². The van der Waals surface area contributed by atoms with Gasteiger partial charge in [-0.3, -0.25) is 0 Å². The summed E-state index contributed by atoms with van der Waals surface area (Å²) in [5.74, 6) is 0.988. The summed E-state index contributed by atoms with van der Waals surface area (Å²) in [4.78, 5) is 2.46. The minimum atomic E-state index is 0.268. The van der Waals surface area contributed by atoms with Gasteiger partial charge in [0.15, 0.2) is 0 Å². The van der Waals surface area contributed by atoms with Gasteiger partial charge in [0.25, 0.3) is 0 Å². The van der Waals surface area contributed by atoms with Gasteiger partial charge in [0, 0.05) is 18.6 Å². The van der Waals surface area contributed by atoms with Gasteiger partial charge < -0.3 is 15.4 Å². The first-order chi connectivity index (χ1) is 9.96. The van der Waals surface area contributed by atoms with Crippen molar-refractivity contribution in [2.45, 2.75) is 51.6 Å². The molecule has 1 aliphatic rings. The average molecular weight is 290 g/mol. The normalized spacial score (nSPS) is 27.0. The second kappa shape index (κ2) is 6.80. The first-order valence-corrected chi connectivity index (χ1v) is 8.04. The maximum absolute atomic E-state index is 6.31. The average Bonchev–Trinajstić information content (AvgIpc) is 2.78. The predicted molar refractivity (Wildman–Crippen MR) is 88.7 cm³/mol. The standard InChI is InChI=1S/C18H30N2O/c1-14(12-15-8-5-6-9-16(15)21-4)20(3)13-18(2)11-7-10-17(18)19/h5-6,8-9,14,17H,7,10-13,19H2,1-4H3. The Kier molecular flexibility index (Phi) is 5.28. The number of para-hydroxylation sites is 1. The predicted octanol–water partition coefficient (Wildman–Crippen LogP) is 3.08. The summed E-state index contributed by atoms with van der Waals surface area (Å²) >= 11 is 0. The van der Waals surface area contributed by atoms with E-state index in [0.717, 1.165) is 18.7 Å². The van der Waals surface area contributed by atoms with Crippen LogP contribution in [0.5, 0.6) is 5.75 Å². The lowest BCUT2D eigenvalue weighted by molar-refractivity contribution is 0.144. The van der Waals surface area contributed by atoms with Crippen molar-refractivity contribution in [1.29, 1.82) is 0 Å². The fourth-order valence-corrected chi connectivity index (χ4v) is 3.53. The highest BCUT2D eigenvalue weighted by Crippen LogP contribution is 2.37. The van der Waals surface area contributed by atoms with Gasteiger partial charge in [-0.25, -0.2) is 0 Å². The van der Waals surface area contributed by atoms with Crippen molar-refractivity contribution in [3.05, 3.63) is 29.8 Å². The van der Waals surface area contributed by atoms with Crippen molar-refractivity contribution >= 4 is 0 Å². The van der Waals surface area contributed by atoms with E-state index in [-0.39, 0.29) is 5.41 Å². The molecular weight excluding hydrogens is 260 g/mol. The van der Waals surface area contributed by atoms with Crippen molar-refractivity contribution in [3.8, 4) is 5.75 Å². The number of hydrogen-bond donors (Lipinski definition) is 1. The third-order valence-electron chi connectivity index (χ3n) is 5.23. The maximum Gasteiger partial charge on any atom is 0.122 e. The molecular formula is C18H30N2O. The second-order valence-electron chi connectivity index (χ2n) is 6.93. The summed E-state index contributed by atoms with van der Waals surface area (Å²) < 4.78 is 5.46. The molecule has 118 valence electrons. The van der Waals surface area contributed by atoms with Crippen LogP contribution in [0.4, 0.5) is 0 Å². The maximum atomic E-state index is 6.31. The fraction of sp³-hybridized carbons (Fsp3) is 0.667. The molecule has 0 radical (unpaired) electrons. The zero-order chi connectivity index (χ0) is 15.5. The van der Waals surface area contributed by atoms with E-state index in [9.17, 15) is 0 Å². The third kappa shape index (κ3) is 3.78. The molecule has 3 unspecified atom stereocenters. The molecule has 1 saturated carbocycles. The molecule has 0 aliphatic heterocycles. The Hall–Kier alpha value is -1.06. The molecule has 0 amide bonds. The van der Waals surface area contributed by atoms with Crippen molar-refractivity contribution < 1.29 is 4.74 Å². The summed E-state index contributed by atoms with van der Waals surface area (Å²) in [7, 11) is 3.96. The van der Waals surface area contributed by atoms with E-state index in [1.54, 1.807) is 7.11 Å². The van der Waals surface area contributed by atoms with Gasteiger partial charge in [-0.1, -0.05) is 31.5 Å². The van der Waals surface area contributed by atoms with Crippen LogP contribution >= 0.6 is 0 Å². The zero-order valence-corrected chi connectivity index (χ0v) is 13.9. The van der Waals surface area contributed by atoms with E-state index in [0.29, 0.717) is 12.1 Å². The van der Waals surface area contributed by atoms with Crippen molar-refractivity contribution in [1.82, 2.24) is 4.90 Å². The molecule has 2 rings (SSSR count). The molecule has 3 heteroatoms. The Morgan fingerprint density at radius 2 is 2.14 bits per heavy atom. The molecule has 3 atom stereocenters. The van der Waals surface area contributed by atoms with E-state index >= 15 is 0 Å². The highest BCUT2D eigenvalue weighted by Gasteiger charge is 2.37. The highest BCUT2D eigenvalue weighted by atomic mass is 16.5. The first kappa shape index (κ1) is 16.3. The number of nitrogens with zero attached hydrogens (tertiary/aromatic N) is 1. The summed E-state index contributed by atoms with van der Waals surface area (Å²) in [5.41, 5.74) is 7.86. The second-order valence-corrected chi connectivity index (χ2v) is 6.93. The molecule has 1 aromatic rings. The van der Waals surface area contributed by atoms with Crippen molar-refractivity contribution in [2.24, 2.45) is 11.1 Å². The Balaban J connectivity index is 1.98. The van der Waals surface area contributed by atoms with Gasteiger partial charge in [-0.15, -0.1) is 0 Å². The lowest BCUT2D eigenvalue weighted by atomic mass is 9.84. The Labute approximate surface area is 129 Å². The topological polar surface area (TPSA) is 38.5 Å². The number of nitrogens with two attached hydrogens (primary N) is 1. The number of rotatable bonds is 6. The van der Waals surface area contributed by atoms with E-state index < -0.39 is 0 Å². The minimum absolute atomic E-state index is 0.268. The largest absolute Gasteiger partial charge is 0.496 e. The monoisotopic (exact) mass is 290 g/mol. The van der Waals surface area contributed by atoms with Crippen LogP contribution in [-0.2, 0) is 6.42 Å². The number of likely N-dealkylation sites (N-methyl/N-ethyl adjacent to an activating group) is 1. The van der Waals surface area contributed by atoms with E-state index in [4.69, 9.17) is 10.5 Å². The highest BCUT2D eigenvalue weighted by molar-refractivity contribution is 5.33. The molecule has 21 heavy (non-hydrogen) atoms. The van der Waals surface area contributed by atoms with Crippen LogP contribution in [0.25, 0.3) is 0 Å². The van der Waals surface area contributed by atoms with Crippen LogP contribution in [0.1, 0.15) is 38.7 Å². The van der Waals surface area contributed by atoms with E-state index in [1.165, 1.54) is 24.8 Å². The summed E-state index contributed by atoms with van der Waals surface area (Å²) in [5, 5.41) is 0. The molecule has 0 bridgehead atoms. The van der Waals surface area contributed by atoms with Gasteiger partial charge >= 0.3 is 0 Å². The molecule has 1 aromatic carbocycles. The SMILES string of the molecule is COc1ccccc1CC(C)N(C)CC1(C)CCCC1N. The zero-order valence-electron chi connectivity index (χ0n) is 13.9. The molecule has 0 spiro atoms. The number of hydrogen-bond acceptors (Lipinski definition) is 3. The molecule has 1 fully saturated rings. The smallest absolute Gasteiger partial charge is 0.122 e. The fourth-order valence-electron chi connectivity index (χ4n) is 3.53. The Bertz CT molecular complexity index is 462. The number of methoxy groups -OCH3 is 1. The molecule has 0 aromatic heterocycles. The minimum Gasteiger partial charge on any atom is -0.496 e. The van der Waals surface area contributed by atoms with Crippen LogP contribution in [0.15, 0.2) is 24.3 Å². The van der Waals surface area contributed by atoms with Gasteiger partial charge in [0.1, 0.15) is 5.75 Å². The van der Waals surface area contributed by atoms with Gasteiger partial charge in [0.2, 0.25) is 0 Å². The van der Waals surface area contributed by atoms with Gasteiger partial charge in [-0.05, 0) is 50.3 Å². The molecule has 0 heterocycles. The van der Waals surface area contributed by atoms with Crippen LogP contribution < -0.4 is 10.5 Å². The van der Waals surface area contributed by atoms with E-state index in [1.807, 2.05) is 12.1 Å². The number of ether oxygens (including phenoxy) is 1. The van der Waals surface area contributed by atoms with E-state index in [2.05, 4.69) is 37.9 Å². The van der Waals surface area contributed by atoms with Crippen LogP contribution in [-0.4, -0.2) is 37.7 Å². The van der Waals surface area contributed by atoms with Crippen LogP contribution in [0.2, 0.25) is 0 Å². The lowest BCUT2D eigenvalue weighted by Crippen LogP contribution is -2.46. The number of benzene rings is 1. The molecule has 3 nitrogen and oxygen atoms in total. The molecule has 1 aliphatic carbocycles. The first-order valence-electron chi connectivity index (χ1n) is 8.04. The lowest BCUT2D eigenvalue weighted by Gasteiger charge is -2.36. The quantitative estimate of drug-likeness (QED) is 0.875. The summed E-state index contributed by atoms with van der Waals surface area (Å²) in [6.07, 6.45) is 4.70. The third-order valence-corrected chi connectivity index (χ3v) is 5.23. The Morgan fingerprint density at radius 3 is 2.76 bits per heavy atom. The van der Waals surface area contributed by atoms with Crippen molar-refractivity contribution in [2.75, 3.05) is 20.7 Å². The van der Waals surface area contributed by atoms with Crippen LogP contribution in [0, 0.1) is 5.41 Å². The Morgan fingerprint density at radius 1 is 1.43 bits per heavy atom. The summed E-state index contributed by atoms with van der Waals surface area (Å²) in [6.45, 7) is 5.71. The van der Waals surface area contributed by atoms with Gasteiger partial charge in [-0.2, -0.15) is 0 Å². The van der Waals surface area contributed by atoms with Crippen molar-refractivity contribution in [3.63, 3.8) is 0 Å². The molecule has 0 saturated heterocycles. The molecule has 2 N–H and O–H groups in total.